The predicted octanol–water partition coefficient (Wildman–Crippen LogP) is 2.75. The highest BCUT2D eigenvalue weighted by Crippen LogP contribution is 2.32. The molecule has 0 fully saturated rings. The van der Waals surface area contributed by atoms with Crippen molar-refractivity contribution in [2.45, 2.75) is 12.5 Å². The van der Waals surface area contributed by atoms with Gasteiger partial charge in [0.05, 0.1) is 23.8 Å². The van der Waals surface area contributed by atoms with E-state index in [-0.39, 0.29) is 17.5 Å². The van der Waals surface area contributed by atoms with Gasteiger partial charge in [-0.3, -0.25) is 10.1 Å². The monoisotopic (exact) mass is 313 g/mol. The first-order valence-corrected chi connectivity index (χ1v) is 7.02. The van der Waals surface area contributed by atoms with Crippen molar-refractivity contribution in [3.8, 4) is 11.5 Å². The zero-order chi connectivity index (χ0) is 16.4. The van der Waals surface area contributed by atoms with Gasteiger partial charge in [0.15, 0.2) is 11.5 Å². The number of hydrogen-bond donors (Lipinski definition) is 2. The molecule has 1 aliphatic rings. The summed E-state index contributed by atoms with van der Waals surface area (Å²) in [6, 6.07) is 11.5. The Morgan fingerprint density at radius 1 is 1.35 bits per heavy atom. The summed E-state index contributed by atoms with van der Waals surface area (Å²) >= 11 is 0. The molecule has 1 atom stereocenters. The van der Waals surface area contributed by atoms with Crippen molar-refractivity contribution in [2.24, 2.45) is 5.10 Å². The first-order valence-electron chi connectivity index (χ1n) is 7.02. The second-order valence-corrected chi connectivity index (χ2v) is 5.18. The zero-order valence-corrected chi connectivity index (χ0v) is 12.4. The second-order valence-electron chi connectivity index (χ2n) is 5.18. The van der Waals surface area contributed by atoms with Crippen LogP contribution in [-0.4, -0.2) is 22.9 Å². The maximum atomic E-state index is 10.9. The number of aromatic hydroxyl groups is 1. The quantitative estimate of drug-likeness (QED) is 0.668. The van der Waals surface area contributed by atoms with Crippen LogP contribution in [0.5, 0.6) is 11.5 Å². The molecule has 118 valence electrons. The average Bonchev–Trinajstić information content (AvgIpc) is 3.05. The van der Waals surface area contributed by atoms with E-state index in [2.05, 4.69) is 10.5 Å². The van der Waals surface area contributed by atoms with Gasteiger partial charge in [0.2, 0.25) is 0 Å². The van der Waals surface area contributed by atoms with Crippen LogP contribution in [0.1, 0.15) is 23.6 Å². The first-order chi connectivity index (χ1) is 11.1. The molecular formula is C16H15N3O4. The molecule has 2 aromatic rings. The van der Waals surface area contributed by atoms with E-state index in [9.17, 15) is 15.2 Å². The zero-order valence-electron chi connectivity index (χ0n) is 12.4. The Kier molecular flexibility index (Phi) is 3.84. The van der Waals surface area contributed by atoms with Gasteiger partial charge in [-0.05, 0) is 17.7 Å². The smallest absolute Gasteiger partial charge is 0.270 e. The van der Waals surface area contributed by atoms with Crippen LogP contribution in [0.25, 0.3) is 0 Å². The standard InChI is InChI=1S/C16H15N3O4/c1-23-16-8-11(5-6-15(16)20)14-9-13(17-18-14)10-3-2-4-12(7-10)19(21)22/h2-8,14,18,20H,9H2,1H3/t14-/m1/s1. The number of ether oxygens (including phenoxy) is 1. The Labute approximate surface area is 132 Å². The molecule has 23 heavy (non-hydrogen) atoms. The number of phenolic OH excluding ortho intramolecular Hbond substituents is 1. The van der Waals surface area contributed by atoms with Crippen molar-refractivity contribution < 1.29 is 14.8 Å². The number of hydrazone groups is 1. The van der Waals surface area contributed by atoms with Crippen molar-refractivity contribution in [3.63, 3.8) is 0 Å². The number of nitro benzene ring substituents is 1. The molecule has 0 bridgehead atoms. The summed E-state index contributed by atoms with van der Waals surface area (Å²) in [6.07, 6.45) is 0.592. The Bertz CT molecular complexity index is 789. The molecule has 0 aliphatic carbocycles. The van der Waals surface area contributed by atoms with Crippen molar-refractivity contribution >= 4 is 11.4 Å². The van der Waals surface area contributed by atoms with Gasteiger partial charge in [-0.25, -0.2) is 0 Å². The normalized spacial score (nSPS) is 16.6. The number of non-ortho nitro benzene ring substituents is 1. The Balaban J connectivity index is 1.80. The Morgan fingerprint density at radius 3 is 2.91 bits per heavy atom. The predicted molar refractivity (Wildman–Crippen MR) is 84.8 cm³/mol. The average molecular weight is 313 g/mol. The number of benzene rings is 2. The topological polar surface area (TPSA) is 97.0 Å². The lowest BCUT2D eigenvalue weighted by Crippen LogP contribution is -2.10. The van der Waals surface area contributed by atoms with Gasteiger partial charge in [-0.1, -0.05) is 18.2 Å². The highest BCUT2D eigenvalue weighted by Gasteiger charge is 2.23. The number of hydrogen-bond acceptors (Lipinski definition) is 6. The maximum absolute atomic E-state index is 10.9. The fourth-order valence-electron chi connectivity index (χ4n) is 2.53. The van der Waals surface area contributed by atoms with E-state index >= 15 is 0 Å². The SMILES string of the molecule is COc1cc([C@H]2CC(c3cccc([N+](=O)[O-])c3)=NN2)ccc1O. The number of nitrogens with zero attached hydrogens (tertiary/aromatic N) is 2. The highest BCUT2D eigenvalue weighted by atomic mass is 16.6. The van der Waals surface area contributed by atoms with Gasteiger partial charge < -0.3 is 15.3 Å². The van der Waals surface area contributed by atoms with Crippen LogP contribution in [0.4, 0.5) is 5.69 Å². The van der Waals surface area contributed by atoms with E-state index in [1.54, 1.807) is 30.3 Å². The molecule has 2 N–H and O–H groups in total. The van der Waals surface area contributed by atoms with Crippen LogP contribution in [0.15, 0.2) is 47.6 Å². The molecule has 7 nitrogen and oxygen atoms in total. The van der Waals surface area contributed by atoms with Crippen molar-refractivity contribution in [1.29, 1.82) is 0 Å². The first kappa shape index (κ1) is 14.8. The molecule has 0 aromatic heterocycles. The van der Waals surface area contributed by atoms with E-state index in [0.717, 1.165) is 16.8 Å². The van der Waals surface area contributed by atoms with Crippen LogP contribution in [0.3, 0.4) is 0 Å². The molecule has 1 heterocycles. The van der Waals surface area contributed by atoms with E-state index in [4.69, 9.17) is 4.74 Å². The summed E-state index contributed by atoms with van der Waals surface area (Å²) in [4.78, 5) is 10.4. The Hall–Kier alpha value is -3.09. The number of phenols is 1. The lowest BCUT2D eigenvalue weighted by atomic mass is 9.98. The molecule has 7 heteroatoms. The van der Waals surface area contributed by atoms with Gasteiger partial charge >= 0.3 is 0 Å². The molecular weight excluding hydrogens is 298 g/mol. The number of methoxy groups -OCH3 is 1. The molecule has 3 rings (SSSR count). The van der Waals surface area contributed by atoms with Crippen LogP contribution in [0.2, 0.25) is 0 Å². The minimum Gasteiger partial charge on any atom is -0.504 e. The van der Waals surface area contributed by atoms with E-state index in [1.165, 1.54) is 19.2 Å². The Morgan fingerprint density at radius 2 is 2.17 bits per heavy atom. The number of nitrogens with one attached hydrogen (secondary N) is 1. The molecule has 1 aliphatic heterocycles. The van der Waals surface area contributed by atoms with Gasteiger partial charge in [0.1, 0.15) is 0 Å². The molecule has 0 radical (unpaired) electrons. The fourth-order valence-corrected chi connectivity index (χ4v) is 2.53. The van der Waals surface area contributed by atoms with Crippen LogP contribution in [0, 0.1) is 10.1 Å². The second kappa shape index (κ2) is 5.96. The van der Waals surface area contributed by atoms with Crippen LogP contribution < -0.4 is 10.2 Å². The summed E-state index contributed by atoms with van der Waals surface area (Å²) in [5, 5.41) is 24.8. The summed E-state index contributed by atoms with van der Waals surface area (Å²) in [5.74, 6) is 0.474. The summed E-state index contributed by atoms with van der Waals surface area (Å²) in [5.41, 5.74) is 5.46. The number of nitro groups is 1. The summed E-state index contributed by atoms with van der Waals surface area (Å²) in [6.45, 7) is 0. The third-order valence-electron chi connectivity index (χ3n) is 3.75. The molecule has 0 saturated carbocycles. The fraction of sp³-hybridized carbons (Fsp3) is 0.188. The highest BCUT2D eigenvalue weighted by molar-refractivity contribution is 6.02. The summed E-state index contributed by atoms with van der Waals surface area (Å²) < 4.78 is 5.11. The molecule has 2 aromatic carbocycles. The van der Waals surface area contributed by atoms with Crippen LogP contribution in [-0.2, 0) is 0 Å². The van der Waals surface area contributed by atoms with E-state index < -0.39 is 4.92 Å². The largest absolute Gasteiger partial charge is 0.504 e. The van der Waals surface area contributed by atoms with Crippen molar-refractivity contribution in [2.75, 3.05) is 7.11 Å². The third kappa shape index (κ3) is 2.94. The number of rotatable bonds is 4. The van der Waals surface area contributed by atoms with Gasteiger partial charge in [-0.15, -0.1) is 0 Å². The van der Waals surface area contributed by atoms with Crippen molar-refractivity contribution in [3.05, 3.63) is 63.7 Å². The lowest BCUT2D eigenvalue weighted by Gasteiger charge is -2.12. The summed E-state index contributed by atoms with van der Waals surface area (Å²) in [7, 11) is 1.49. The van der Waals surface area contributed by atoms with Gasteiger partial charge in [-0.2, -0.15) is 5.10 Å². The maximum Gasteiger partial charge on any atom is 0.270 e. The molecule has 0 spiro atoms. The van der Waals surface area contributed by atoms with Crippen LogP contribution >= 0.6 is 0 Å². The minimum atomic E-state index is -0.422. The van der Waals surface area contributed by atoms with E-state index in [1.807, 2.05) is 0 Å². The molecule has 0 amide bonds. The lowest BCUT2D eigenvalue weighted by molar-refractivity contribution is -0.384. The molecule has 0 saturated heterocycles. The molecule has 0 unspecified atom stereocenters. The van der Waals surface area contributed by atoms with Gasteiger partial charge in [0, 0.05) is 24.1 Å². The van der Waals surface area contributed by atoms with Gasteiger partial charge in [0.25, 0.3) is 5.69 Å². The third-order valence-corrected chi connectivity index (χ3v) is 3.75. The minimum absolute atomic E-state index is 0.0416. The van der Waals surface area contributed by atoms with Crippen molar-refractivity contribution in [1.82, 2.24) is 5.43 Å². The van der Waals surface area contributed by atoms with E-state index in [0.29, 0.717) is 12.2 Å².